The third-order valence-electron chi connectivity index (χ3n) is 2.58. The maximum absolute atomic E-state index is 5.74. The van der Waals surface area contributed by atoms with E-state index < -0.39 is 0 Å². The van der Waals surface area contributed by atoms with Crippen LogP contribution in [0, 0.1) is 0 Å². The molecule has 2 heteroatoms. The summed E-state index contributed by atoms with van der Waals surface area (Å²) < 4.78 is 11.1. The number of hydrogen-bond acceptors (Lipinski definition) is 2. The molecule has 0 spiro atoms. The number of benzene rings is 2. The van der Waals surface area contributed by atoms with Crippen molar-refractivity contribution in [3.8, 4) is 5.75 Å². The molecule has 0 atom stereocenters. The van der Waals surface area contributed by atoms with E-state index in [1.54, 1.807) is 0 Å². The van der Waals surface area contributed by atoms with E-state index in [1.807, 2.05) is 24.3 Å². The highest BCUT2D eigenvalue weighted by Crippen LogP contribution is 2.24. The van der Waals surface area contributed by atoms with Crippen LogP contribution in [0.25, 0.3) is 10.8 Å². The largest absolute Gasteiger partial charge is 0.491 e. The van der Waals surface area contributed by atoms with Crippen LogP contribution in [0.4, 0.5) is 0 Å². The van der Waals surface area contributed by atoms with Crippen molar-refractivity contribution in [3.05, 3.63) is 42.5 Å². The molecule has 0 radical (unpaired) electrons. The molecule has 17 heavy (non-hydrogen) atoms. The molecule has 0 aliphatic heterocycles. The van der Waals surface area contributed by atoms with E-state index in [2.05, 4.69) is 25.1 Å². The summed E-state index contributed by atoms with van der Waals surface area (Å²) in [5.41, 5.74) is 0. The van der Waals surface area contributed by atoms with E-state index in [0.29, 0.717) is 13.2 Å². The maximum Gasteiger partial charge on any atom is 0.127 e. The Labute approximate surface area is 102 Å². The molecular formula is C15H18O2. The molecule has 2 rings (SSSR count). The Kier molecular flexibility index (Phi) is 4.39. The standard InChI is InChI=1S/C15H18O2/c1-2-10-16-11-12-17-15-9-5-7-13-6-3-4-8-14(13)15/h3-9H,2,10-12H2,1H3. The van der Waals surface area contributed by atoms with Gasteiger partial charge >= 0.3 is 0 Å². The van der Waals surface area contributed by atoms with E-state index in [9.17, 15) is 0 Å². The van der Waals surface area contributed by atoms with Crippen molar-refractivity contribution in [2.24, 2.45) is 0 Å². The first-order valence-electron chi connectivity index (χ1n) is 6.10. The van der Waals surface area contributed by atoms with Crippen molar-refractivity contribution >= 4 is 10.8 Å². The highest BCUT2D eigenvalue weighted by atomic mass is 16.5. The zero-order chi connectivity index (χ0) is 11.9. The predicted octanol–water partition coefficient (Wildman–Crippen LogP) is 3.65. The fraction of sp³-hybridized carbons (Fsp3) is 0.333. The zero-order valence-corrected chi connectivity index (χ0v) is 10.2. The van der Waals surface area contributed by atoms with Gasteiger partial charge in [0.25, 0.3) is 0 Å². The lowest BCUT2D eigenvalue weighted by Crippen LogP contribution is -2.07. The summed E-state index contributed by atoms with van der Waals surface area (Å²) >= 11 is 0. The van der Waals surface area contributed by atoms with Crippen LogP contribution in [0.15, 0.2) is 42.5 Å². The summed E-state index contributed by atoms with van der Waals surface area (Å²) in [6, 6.07) is 14.4. The van der Waals surface area contributed by atoms with E-state index in [-0.39, 0.29) is 0 Å². The van der Waals surface area contributed by atoms with Crippen LogP contribution in [-0.2, 0) is 4.74 Å². The molecule has 0 unspecified atom stereocenters. The van der Waals surface area contributed by atoms with Crippen LogP contribution in [0.2, 0.25) is 0 Å². The highest BCUT2D eigenvalue weighted by Gasteiger charge is 2.00. The van der Waals surface area contributed by atoms with Gasteiger partial charge < -0.3 is 9.47 Å². The van der Waals surface area contributed by atoms with E-state index in [1.165, 1.54) is 5.39 Å². The second kappa shape index (κ2) is 6.26. The molecule has 0 heterocycles. The van der Waals surface area contributed by atoms with Crippen molar-refractivity contribution in [1.82, 2.24) is 0 Å². The van der Waals surface area contributed by atoms with Gasteiger partial charge in [0.15, 0.2) is 0 Å². The molecule has 2 aromatic carbocycles. The van der Waals surface area contributed by atoms with E-state index in [0.717, 1.165) is 24.2 Å². The second-order valence-corrected chi connectivity index (χ2v) is 3.94. The SMILES string of the molecule is CCCOCCOc1cccc2ccccc12. The quantitative estimate of drug-likeness (QED) is 0.705. The lowest BCUT2D eigenvalue weighted by Gasteiger charge is -2.09. The van der Waals surface area contributed by atoms with Crippen molar-refractivity contribution in [1.29, 1.82) is 0 Å². The molecule has 0 aliphatic rings. The molecule has 0 amide bonds. The van der Waals surface area contributed by atoms with Gasteiger partial charge in [0.2, 0.25) is 0 Å². The van der Waals surface area contributed by atoms with Crippen LogP contribution in [0.5, 0.6) is 5.75 Å². The first-order valence-corrected chi connectivity index (χ1v) is 6.10. The van der Waals surface area contributed by atoms with Crippen molar-refractivity contribution in [3.63, 3.8) is 0 Å². The van der Waals surface area contributed by atoms with Crippen molar-refractivity contribution in [2.75, 3.05) is 19.8 Å². The van der Waals surface area contributed by atoms with E-state index >= 15 is 0 Å². The van der Waals surface area contributed by atoms with Gasteiger partial charge in [-0.1, -0.05) is 43.3 Å². The summed E-state index contributed by atoms with van der Waals surface area (Å²) in [6.45, 7) is 4.16. The van der Waals surface area contributed by atoms with Gasteiger partial charge in [-0.15, -0.1) is 0 Å². The fourth-order valence-electron chi connectivity index (χ4n) is 1.78. The molecule has 2 nitrogen and oxygen atoms in total. The summed E-state index contributed by atoms with van der Waals surface area (Å²) in [7, 11) is 0. The van der Waals surface area contributed by atoms with Crippen LogP contribution in [0.1, 0.15) is 13.3 Å². The number of rotatable bonds is 6. The minimum atomic E-state index is 0.605. The number of fused-ring (bicyclic) bond motifs is 1. The van der Waals surface area contributed by atoms with Crippen LogP contribution in [-0.4, -0.2) is 19.8 Å². The Morgan fingerprint density at radius 1 is 0.882 bits per heavy atom. The first-order chi connectivity index (χ1) is 8.42. The van der Waals surface area contributed by atoms with Gasteiger partial charge in [-0.3, -0.25) is 0 Å². The molecule has 0 fully saturated rings. The molecular weight excluding hydrogens is 212 g/mol. The Morgan fingerprint density at radius 3 is 2.59 bits per heavy atom. The summed E-state index contributed by atoms with van der Waals surface area (Å²) in [5, 5.41) is 2.37. The Hall–Kier alpha value is -1.54. The Morgan fingerprint density at radius 2 is 1.71 bits per heavy atom. The topological polar surface area (TPSA) is 18.5 Å². The smallest absolute Gasteiger partial charge is 0.127 e. The molecule has 90 valence electrons. The molecule has 0 bridgehead atoms. The molecule has 2 aromatic rings. The van der Waals surface area contributed by atoms with Gasteiger partial charge in [0.1, 0.15) is 12.4 Å². The van der Waals surface area contributed by atoms with Crippen LogP contribution < -0.4 is 4.74 Å². The minimum Gasteiger partial charge on any atom is -0.491 e. The van der Waals surface area contributed by atoms with Gasteiger partial charge in [-0.05, 0) is 17.9 Å². The number of hydrogen-bond donors (Lipinski definition) is 0. The van der Waals surface area contributed by atoms with Crippen molar-refractivity contribution in [2.45, 2.75) is 13.3 Å². The molecule has 0 N–H and O–H groups in total. The summed E-state index contributed by atoms with van der Waals surface area (Å²) in [5.74, 6) is 0.934. The van der Waals surface area contributed by atoms with Crippen molar-refractivity contribution < 1.29 is 9.47 Å². The lowest BCUT2D eigenvalue weighted by molar-refractivity contribution is 0.101. The zero-order valence-electron chi connectivity index (χ0n) is 10.2. The molecule has 0 saturated carbocycles. The van der Waals surface area contributed by atoms with Crippen LogP contribution in [0.3, 0.4) is 0 Å². The van der Waals surface area contributed by atoms with Gasteiger partial charge in [-0.25, -0.2) is 0 Å². The molecule has 0 saturated heterocycles. The Bertz CT molecular complexity index is 460. The van der Waals surface area contributed by atoms with Gasteiger partial charge in [0, 0.05) is 12.0 Å². The predicted molar refractivity (Wildman–Crippen MR) is 70.6 cm³/mol. The normalized spacial score (nSPS) is 10.6. The first kappa shape index (κ1) is 11.9. The second-order valence-electron chi connectivity index (χ2n) is 3.94. The fourth-order valence-corrected chi connectivity index (χ4v) is 1.78. The average molecular weight is 230 g/mol. The highest BCUT2D eigenvalue weighted by molar-refractivity contribution is 5.88. The maximum atomic E-state index is 5.74. The summed E-state index contributed by atoms with van der Waals surface area (Å²) in [4.78, 5) is 0. The average Bonchev–Trinajstić information content (AvgIpc) is 2.39. The number of ether oxygens (including phenoxy) is 2. The minimum absolute atomic E-state index is 0.605. The lowest BCUT2D eigenvalue weighted by atomic mass is 10.1. The molecule has 0 aliphatic carbocycles. The van der Waals surface area contributed by atoms with Gasteiger partial charge in [0.05, 0.1) is 6.61 Å². The van der Waals surface area contributed by atoms with E-state index in [4.69, 9.17) is 9.47 Å². The summed E-state index contributed by atoms with van der Waals surface area (Å²) in [6.07, 6.45) is 1.05. The van der Waals surface area contributed by atoms with Crippen LogP contribution >= 0.6 is 0 Å². The van der Waals surface area contributed by atoms with Gasteiger partial charge in [-0.2, -0.15) is 0 Å². The third-order valence-corrected chi connectivity index (χ3v) is 2.58. The third kappa shape index (κ3) is 3.21. The monoisotopic (exact) mass is 230 g/mol. The Balaban J connectivity index is 1.98. The molecule has 0 aromatic heterocycles.